The van der Waals surface area contributed by atoms with Crippen molar-refractivity contribution in [2.45, 2.75) is 19.4 Å². The zero-order valence-electron chi connectivity index (χ0n) is 17.3. The van der Waals surface area contributed by atoms with E-state index in [1.54, 1.807) is 42.5 Å². The highest BCUT2D eigenvalue weighted by Gasteiger charge is 2.35. The molecular weight excluding hydrogens is 392 g/mol. The number of carbonyl (C=O) groups is 3. The molecular formula is C25H22N2O4. The van der Waals surface area contributed by atoms with Crippen LogP contribution in [0.2, 0.25) is 0 Å². The van der Waals surface area contributed by atoms with E-state index in [4.69, 9.17) is 4.74 Å². The van der Waals surface area contributed by atoms with E-state index in [0.29, 0.717) is 28.1 Å². The Kier molecular flexibility index (Phi) is 5.54. The molecule has 0 saturated heterocycles. The van der Waals surface area contributed by atoms with Crippen molar-refractivity contribution in [3.8, 4) is 5.75 Å². The molecule has 31 heavy (non-hydrogen) atoms. The molecule has 1 unspecified atom stereocenters. The predicted octanol–water partition coefficient (Wildman–Crippen LogP) is 4.23. The molecule has 0 fully saturated rings. The van der Waals surface area contributed by atoms with Gasteiger partial charge in [-0.1, -0.05) is 42.5 Å². The van der Waals surface area contributed by atoms with Crippen LogP contribution in [0.4, 0.5) is 5.69 Å². The van der Waals surface area contributed by atoms with Gasteiger partial charge in [-0.25, -0.2) is 0 Å². The molecule has 156 valence electrons. The average Bonchev–Trinajstić information content (AvgIpc) is 3.04. The molecule has 0 bridgehead atoms. The SMILES string of the molecule is COc1ccc(NC(=O)C(C)c2ccccc2)cc1CN1C(=O)c2ccccc2C1=O. The Morgan fingerprint density at radius 2 is 1.55 bits per heavy atom. The van der Waals surface area contributed by atoms with Crippen molar-refractivity contribution in [1.82, 2.24) is 4.90 Å². The predicted molar refractivity (Wildman–Crippen MR) is 117 cm³/mol. The number of imide groups is 1. The maximum atomic E-state index is 12.7. The molecule has 1 atom stereocenters. The van der Waals surface area contributed by atoms with Gasteiger partial charge in [-0.2, -0.15) is 0 Å². The summed E-state index contributed by atoms with van der Waals surface area (Å²) in [5, 5.41) is 2.91. The van der Waals surface area contributed by atoms with E-state index in [0.717, 1.165) is 5.56 Å². The van der Waals surface area contributed by atoms with Gasteiger partial charge in [0.1, 0.15) is 5.75 Å². The zero-order chi connectivity index (χ0) is 22.0. The van der Waals surface area contributed by atoms with E-state index in [-0.39, 0.29) is 30.2 Å². The fourth-order valence-corrected chi connectivity index (χ4v) is 3.68. The zero-order valence-corrected chi connectivity index (χ0v) is 17.3. The Hall–Kier alpha value is -3.93. The van der Waals surface area contributed by atoms with Crippen molar-refractivity contribution in [3.63, 3.8) is 0 Å². The molecule has 0 saturated carbocycles. The number of benzene rings is 3. The highest BCUT2D eigenvalue weighted by atomic mass is 16.5. The molecule has 3 amide bonds. The van der Waals surface area contributed by atoms with Gasteiger partial charge in [0.2, 0.25) is 5.91 Å². The van der Waals surface area contributed by atoms with Crippen LogP contribution in [0.15, 0.2) is 72.8 Å². The molecule has 3 aromatic carbocycles. The Morgan fingerprint density at radius 1 is 0.935 bits per heavy atom. The van der Waals surface area contributed by atoms with Gasteiger partial charge in [-0.15, -0.1) is 0 Å². The summed E-state index contributed by atoms with van der Waals surface area (Å²) in [6.45, 7) is 1.89. The molecule has 1 aliphatic heterocycles. The molecule has 6 heteroatoms. The minimum absolute atomic E-state index is 0.0491. The van der Waals surface area contributed by atoms with Crippen LogP contribution < -0.4 is 10.1 Å². The number of nitrogens with one attached hydrogen (secondary N) is 1. The van der Waals surface area contributed by atoms with Crippen molar-refractivity contribution < 1.29 is 19.1 Å². The summed E-state index contributed by atoms with van der Waals surface area (Å²) < 4.78 is 5.42. The fourth-order valence-electron chi connectivity index (χ4n) is 3.68. The summed E-state index contributed by atoms with van der Waals surface area (Å²) in [7, 11) is 1.52. The first-order valence-electron chi connectivity index (χ1n) is 9.97. The molecule has 0 radical (unpaired) electrons. The van der Waals surface area contributed by atoms with Crippen LogP contribution in [-0.2, 0) is 11.3 Å². The largest absolute Gasteiger partial charge is 0.496 e. The van der Waals surface area contributed by atoms with Crippen molar-refractivity contribution in [3.05, 3.63) is 95.1 Å². The van der Waals surface area contributed by atoms with E-state index in [2.05, 4.69) is 5.32 Å². The van der Waals surface area contributed by atoms with Crippen LogP contribution in [-0.4, -0.2) is 29.7 Å². The van der Waals surface area contributed by atoms with Gasteiger partial charge in [-0.05, 0) is 42.8 Å². The second-order valence-corrected chi connectivity index (χ2v) is 7.39. The standard InChI is InChI=1S/C25H22N2O4/c1-16(17-8-4-3-5-9-17)23(28)26-19-12-13-22(31-2)18(14-19)15-27-24(29)20-10-6-7-11-21(20)25(27)30/h3-14,16H,15H2,1-2H3,(H,26,28). The number of anilines is 1. The highest BCUT2D eigenvalue weighted by Crippen LogP contribution is 2.29. The molecule has 3 aromatic rings. The van der Waals surface area contributed by atoms with Crippen LogP contribution in [0.25, 0.3) is 0 Å². The van der Waals surface area contributed by atoms with Crippen LogP contribution in [0.3, 0.4) is 0 Å². The first-order valence-corrected chi connectivity index (χ1v) is 9.97. The van der Waals surface area contributed by atoms with Gasteiger partial charge in [0, 0.05) is 11.3 Å². The number of hydrogen-bond acceptors (Lipinski definition) is 4. The monoisotopic (exact) mass is 414 g/mol. The first kappa shape index (κ1) is 20.3. The Bertz CT molecular complexity index is 1120. The first-order chi connectivity index (χ1) is 15.0. The number of nitrogens with zero attached hydrogens (tertiary/aromatic N) is 1. The summed E-state index contributed by atoms with van der Waals surface area (Å²) >= 11 is 0. The van der Waals surface area contributed by atoms with Gasteiger partial charge in [0.15, 0.2) is 0 Å². The van der Waals surface area contributed by atoms with E-state index in [9.17, 15) is 14.4 Å². The van der Waals surface area contributed by atoms with Crippen LogP contribution >= 0.6 is 0 Å². The van der Waals surface area contributed by atoms with Crippen LogP contribution in [0.1, 0.15) is 44.7 Å². The van der Waals surface area contributed by atoms with E-state index in [1.807, 2.05) is 37.3 Å². The number of fused-ring (bicyclic) bond motifs is 1. The number of amides is 3. The van der Waals surface area contributed by atoms with E-state index < -0.39 is 0 Å². The molecule has 0 spiro atoms. The van der Waals surface area contributed by atoms with Crippen molar-refractivity contribution >= 4 is 23.4 Å². The van der Waals surface area contributed by atoms with E-state index in [1.165, 1.54) is 12.0 Å². The number of hydrogen-bond donors (Lipinski definition) is 1. The minimum atomic E-state index is -0.338. The third-order valence-corrected chi connectivity index (χ3v) is 5.45. The second kappa shape index (κ2) is 8.44. The second-order valence-electron chi connectivity index (χ2n) is 7.39. The quantitative estimate of drug-likeness (QED) is 0.613. The molecule has 4 rings (SSSR count). The van der Waals surface area contributed by atoms with Gasteiger partial charge < -0.3 is 10.1 Å². The summed E-state index contributed by atoms with van der Waals surface area (Å²) in [6, 6.07) is 21.5. The number of rotatable bonds is 6. The lowest BCUT2D eigenvalue weighted by Crippen LogP contribution is -2.29. The summed E-state index contributed by atoms with van der Waals surface area (Å²) in [5.74, 6) is -0.624. The average molecular weight is 414 g/mol. The maximum absolute atomic E-state index is 12.7. The molecule has 1 heterocycles. The van der Waals surface area contributed by atoms with Crippen molar-refractivity contribution in [2.24, 2.45) is 0 Å². The van der Waals surface area contributed by atoms with Gasteiger partial charge in [0.05, 0.1) is 30.7 Å². The van der Waals surface area contributed by atoms with Crippen molar-refractivity contribution in [2.75, 3.05) is 12.4 Å². The van der Waals surface area contributed by atoms with Gasteiger partial charge in [0.25, 0.3) is 11.8 Å². The topological polar surface area (TPSA) is 75.7 Å². The summed E-state index contributed by atoms with van der Waals surface area (Å²) in [6.07, 6.45) is 0. The summed E-state index contributed by atoms with van der Waals surface area (Å²) in [5.41, 5.74) is 2.90. The molecule has 1 N–H and O–H groups in total. The lowest BCUT2D eigenvalue weighted by atomic mass is 10.0. The third-order valence-electron chi connectivity index (χ3n) is 5.45. The highest BCUT2D eigenvalue weighted by molar-refractivity contribution is 6.21. The lowest BCUT2D eigenvalue weighted by molar-refractivity contribution is -0.117. The summed E-state index contributed by atoms with van der Waals surface area (Å²) in [4.78, 5) is 39.3. The van der Waals surface area contributed by atoms with Crippen molar-refractivity contribution in [1.29, 1.82) is 0 Å². The van der Waals surface area contributed by atoms with Gasteiger partial charge in [-0.3, -0.25) is 19.3 Å². The molecule has 6 nitrogen and oxygen atoms in total. The number of carbonyl (C=O) groups excluding carboxylic acids is 3. The molecule has 0 aliphatic carbocycles. The Labute approximate surface area is 180 Å². The van der Waals surface area contributed by atoms with Gasteiger partial charge >= 0.3 is 0 Å². The maximum Gasteiger partial charge on any atom is 0.261 e. The lowest BCUT2D eigenvalue weighted by Gasteiger charge is -2.18. The van der Waals surface area contributed by atoms with Crippen LogP contribution in [0, 0.1) is 0 Å². The fraction of sp³-hybridized carbons (Fsp3) is 0.160. The minimum Gasteiger partial charge on any atom is -0.496 e. The third kappa shape index (κ3) is 3.92. The number of methoxy groups -OCH3 is 1. The molecule has 0 aromatic heterocycles. The smallest absolute Gasteiger partial charge is 0.261 e. The van der Waals surface area contributed by atoms with E-state index >= 15 is 0 Å². The van der Waals surface area contributed by atoms with Crippen LogP contribution in [0.5, 0.6) is 5.75 Å². The normalized spacial score (nSPS) is 13.7. The Balaban J connectivity index is 1.55. The Morgan fingerprint density at radius 3 is 2.16 bits per heavy atom. The number of ether oxygens (including phenoxy) is 1. The molecule has 1 aliphatic rings.